The first-order chi connectivity index (χ1) is 12.6. The predicted molar refractivity (Wildman–Crippen MR) is 99.7 cm³/mol. The second-order valence-electron chi connectivity index (χ2n) is 6.15. The maximum atomic E-state index is 9.33. The van der Waals surface area contributed by atoms with E-state index in [0.29, 0.717) is 29.6 Å². The molecule has 0 saturated heterocycles. The first-order valence-corrected chi connectivity index (χ1v) is 8.37. The van der Waals surface area contributed by atoms with Crippen LogP contribution in [0.3, 0.4) is 0 Å². The number of aryl methyl sites for hydroxylation is 1. The zero-order valence-corrected chi connectivity index (χ0v) is 15.7. The Balaban J connectivity index is 0.00000180. The van der Waals surface area contributed by atoms with Crippen LogP contribution in [-0.2, 0) is 13.0 Å². The van der Waals surface area contributed by atoms with E-state index in [-0.39, 0.29) is 18.3 Å². The van der Waals surface area contributed by atoms with E-state index in [9.17, 15) is 5.11 Å². The summed E-state index contributed by atoms with van der Waals surface area (Å²) in [5, 5.41) is 18.1. The number of hydrogen-bond acceptors (Lipinski definition) is 6. The van der Waals surface area contributed by atoms with Crippen molar-refractivity contribution in [2.24, 2.45) is 0 Å². The Morgan fingerprint density at radius 3 is 2.93 bits per heavy atom. The molecule has 0 spiro atoms. The molecular weight excluding hydrogens is 391 g/mol. The molecule has 1 aromatic carbocycles. The van der Waals surface area contributed by atoms with Crippen molar-refractivity contribution in [1.82, 2.24) is 29.5 Å². The quantitative estimate of drug-likeness (QED) is 0.485. The number of nitrogens with zero attached hydrogens (tertiary/aromatic N) is 6. The number of imidazole rings is 1. The van der Waals surface area contributed by atoms with Gasteiger partial charge in [-0.15, -0.1) is 12.4 Å². The van der Waals surface area contributed by atoms with Gasteiger partial charge in [-0.1, -0.05) is 11.6 Å². The van der Waals surface area contributed by atoms with Gasteiger partial charge in [0.15, 0.2) is 11.6 Å². The Bertz CT molecular complexity index is 1150. The smallest absolute Gasteiger partial charge is 0.251 e. The fourth-order valence-electron chi connectivity index (χ4n) is 3.21. The van der Waals surface area contributed by atoms with Gasteiger partial charge in [0.25, 0.3) is 5.88 Å². The molecule has 1 aliphatic rings. The van der Waals surface area contributed by atoms with Crippen molar-refractivity contribution in [3.8, 4) is 23.0 Å². The van der Waals surface area contributed by atoms with Gasteiger partial charge in [-0.05, 0) is 30.3 Å². The molecule has 8 nitrogen and oxygen atoms in total. The molecule has 0 aliphatic carbocycles. The zero-order chi connectivity index (χ0) is 17.8. The van der Waals surface area contributed by atoms with E-state index < -0.39 is 0 Å². The molecule has 0 unspecified atom stereocenters. The van der Waals surface area contributed by atoms with Crippen molar-refractivity contribution in [3.63, 3.8) is 0 Å². The van der Waals surface area contributed by atoms with Crippen molar-refractivity contribution in [1.29, 1.82) is 0 Å². The SMILES string of the molecule is Cc1ncn2c1Cn1nc(Cc3cc(O)no3)nc1-c1cc(Cl)ccc1-2.Cl. The van der Waals surface area contributed by atoms with E-state index in [1.54, 1.807) is 0 Å². The van der Waals surface area contributed by atoms with E-state index in [2.05, 4.69) is 20.2 Å². The number of aromatic nitrogens is 6. The van der Waals surface area contributed by atoms with Gasteiger partial charge in [0.1, 0.15) is 5.76 Å². The number of benzene rings is 1. The highest BCUT2D eigenvalue weighted by molar-refractivity contribution is 6.31. The van der Waals surface area contributed by atoms with Crippen LogP contribution in [0.15, 0.2) is 35.1 Å². The number of aromatic hydroxyl groups is 1. The summed E-state index contributed by atoms with van der Waals surface area (Å²) >= 11 is 6.23. The summed E-state index contributed by atoms with van der Waals surface area (Å²) in [5.74, 6) is 1.64. The molecule has 10 heteroatoms. The highest BCUT2D eigenvalue weighted by Gasteiger charge is 2.24. The normalized spacial score (nSPS) is 11.9. The highest BCUT2D eigenvalue weighted by Crippen LogP contribution is 2.33. The third-order valence-electron chi connectivity index (χ3n) is 4.43. The zero-order valence-electron chi connectivity index (χ0n) is 14.1. The molecule has 4 aromatic rings. The summed E-state index contributed by atoms with van der Waals surface area (Å²) in [6, 6.07) is 7.15. The summed E-state index contributed by atoms with van der Waals surface area (Å²) in [6.07, 6.45) is 2.14. The first-order valence-electron chi connectivity index (χ1n) is 8.00. The van der Waals surface area contributed by atoms with Gasteiger partial charge in [0.2, 0.25) is 0 Å². The molecule has 5 rings (SSSR count). The molecule has 0 atom stereocenters. The van der Waals surface area contributed by atoms with Crippen LogP contribution in [0.5, 0.6) is 5.88 Å². The molecule has 1 aliphatic heterocycles. The topological polar surface area (TPSA) is 94.8 Å². The van der Waals surface area contributed by atoms with Gasteiger partial charge in [-0.3, -0.25) is 0 Å². The summed E-state index contributed by atoms with van der Waals surface area (Å²) in [4.78, 5) is 9.11. The second kappa shape index (κ2) is 6.40. The van der Waals surface area contributed by atoms with Crippen LogP contribution >= 0.6 is 24.0 Å². The van der Waals surface area contributed by atoms with E-state index >= 15 is 0 Å². The minimum Gasteiger partial charge on any atom is -0.491 e. The summed E-state index contributed by atoms with van der Waals surface area (Å²) in [5.41, 5.74) is 3.82. The predicted octanol–water partition coefficient (Wildman–Crippen LogP) is 3.16. The average molecular weight is 405 g/mol. The lowest BCUT2D eigenvalue weighted by atomic mass is 10.1. The van der Waals surface area contributed by atoms with Crippen LogP contribution in [0.25, 0.3) is 17.1 Å². The van der Waals surface area contributed by atoms with Crippen LogP contribution in [-0.4, -0.2) is 34.6 Å². The van der Waals surface area contributed by atoms with Crippen molar-refractivity contribution < 1.29 is 9.63 Å². The Morgan fingerprint density at radius 1 is 1.30 bits per heavy atom. The Hall–Kier alpha value is -2.84. The molecule has 0 saturated carbocycles. The van der Waals surface area contributed by atoms with E-state index in [4.69, 9.17) is 16.1 Å². The van der Waals surface area contributed by atoms with Gasteiger partial charge in [0, 0.05) is 16.7 Å². The number of fused-ring (bicyclic) bond motifs is 5. The Labute approximate surface area is 164 Å². The van der Waals surface area contributed by atoms with E-state index in [0.717, 1.165) is 28.5 Å². The van der Waals surface area contributed by atoms with Crippen molar-refractivity contribution >= 4 is 24.0 Å². The van der Waals surface area contributed by atoms with E-state index in [1.807, 2.05) is 40.7 Å². The number of rotatable bonds is 2. The number of hydrogen-bond donors (Lipinski definition) is 1. The lowest BCUT2D eigenvalue weighted by Crippen LogP contribution is -2.06. The van der Waals surface area contributed by atoms with Crippen LogP contribution < -0.4 is 0 Å². The Morgan fingerprint density at radius 2 is 2.15 bits per heavy atom. The van der Waals surface area contributed by atoms with Crippen molar-refractivity contribution in [2.45, 2.75) is 19.9 Å². The lowest BCUT2D eigenvalue weighted by Gasteiger charge is -2.08. The largest absolute Gasteiger partial charge is 0.491 e. The maximum absolute atomic E-state index is 9.33. The highest BCUT2D eigenvalue weighted by atomic mass is 35.5. The van der Waals surface area contributed by atoms with Crippen LogP contribution in [0, 0.1) is 6.92 Å². The molecule has 138 valence electrons. The molecular formula is C17H14Cl2N6O2. The monoisotopic (exact) mass is 404 g/mol. The van der Waals surface area contributed by atoms with Gasteiger partial charge in [-0.2, -0.15) is 5.10 Å². The third-order valence-corrected chi connectivity index (χ3v) is 4.66. The third kappa shape index (κ3) is 2.87. The fraction of sp³-hybridized carbons (Fsp3) is 0.176. The number of halogens is 2. The molecule has 27 heavy (non-hydrogen) atoms. The van der Waals surface area contributed by atoms with Gasteiger partial charge < -0.3 is 14.2 Å². The van der Waals surface area contributed by atoms with Gasteiger partial charge in [0.05, 0.1) is 36.4 Å². The van der Waals surface area contributed by atoms with Crippen LogP contribution in [0.2, 0.25) is 5.02 Å². The lowest BCUT2D eigenvalue weighted by molar-refractivity contribution is 0.343. The summed E-state index contributed by atoms with van der Waals surface area (Å²) in [6.45, 7) is 2.52. The first kappa shape index (κ1) is 17.6. The minimum absolute atomic E-state index is 0. The molecule has 0 bridgehead atoms. The van der Waals surface area contributed by atoms with Gasteiger partial charge >= 0.3 is 0 Å². The average Bonchev–Trinajstić information content (AvgIpc) is 3.28. The fourth-order valence-corrected chi connectivity index (χ4v) is 3.39. The second-order valence-corrected chi connectivity index (χ2v) is 6.58. The molecule has 0 amide bonds. The van der Waals surface area contributed by atoms with Crippen molar-refractivity contribution in [2.75, 3.05) is 0 Å². The maximum Gasteiger partial charge on any atom is 0.251 e. The van der Waals surface area contributed by atoms with Crippen LogP contribution in [0.1, 0.15) is 23.0 Å². The summed E-state index contributed by atoms with van der Waals surface area (Å²) in [7, 11) is 0. The standard InChI is InChI=1S/C17H13ClN6O2.ClH/c1-9-14-7-24-17(20-15(21-24)5-11-6-16(25)22-26-11)12-4-10(18)2-3-13(12)23(14)8-19-9;/h2-4,6,8H,5,7H2,1H3,(H,22,25);1H. The molecule has 4 heterocycles. The van der Waals surface area contributed by atoms with Gasteiger partial charge in [-0.25, -0.2) is 14.6 Å². The van der Waals surface area contributed by atoms with Crippen molar-refractivity contribution in [3.05, 3.63) is 58.6 Å². The molecule has 0 fully saturated rings. The molecule has 1 N–H and O–H groups in total. The molecule has 3 aromatic heterocycles. The summed E-state index contributed by atoms with van der Waals surface area (Å²) < 4.78 is 8.94. The minimum atomic E-state index is -0.155. The van der Waals surface area contributed by atoms with Crippen LogP contribution in [0.4, 0.5) is 0 Å². The molecule has 0 radical (unpaired) electrons. The Kier molecular flexibility index (Phi) is 4.16. The van der Waals surface area contributed by atoms with E-state index in [1.165, 1.54) is 6.07 Å².